The smallest absolute Gasteiger partial charge is 0.262 e. The highest BCUT2D eigenvalue weighted by Gasteiger charge is 2.12. The summed E-state index contributed by atoms with van der Waals surface area (Å²) >= 11 is 3.23. The van der Waals surface area contributed by atoms with Gasteiger partial charge in [0.15, 0.2) is 24.4 Å². The molecule has 0 radical (unpaired) electrons. The molecule has 7 heteroatoms. The molecule has 0 aliphatic heterocycles. The van der Waals surface area contributed by atoms with Gasteiger partial charge in [0.2, 0.25) is 0 Å². The largest absolute Gasteiger partial charge is 0.493 e. The van der Waals surface area contributed by atoms with Crippen LogP contribution in [0.3, 0.4) is 0 Å². The summed E-state index contributed by atoms with van der Waals surface area (Å²) in [6, 6.07) is 8.56. The molecule has 0 unspecified atom stereocenters. The highest BCUT2D eigenvalue weighted by Crippen LogP contribution is 2.32. The predicted octanol–water partition coefficient (Wildman–Crippen LogP) is 3.43. The topological polar surface area (TPSA) is 64.6 Å². The van der Waals surface area contributed by atoms with Crippen molar-refractivity contribution in [2.45, 2.75) is 0 Å². The van der Waals surface area contributed by atoms with Crippen molar-refractivity contribution in [2.24, 2.45) is 0 Å². The highest BCUT2D eigenvalue weighted by atomic mass is 79.9. The molecule has 0 spiro atoms. The third-order valence-electron chi connectivity index (χ3n) is 2.88. The van der Waals surface area contributed by atoms with Crippen LogP contribution in [0.25, 0.3) is 0 Å². The molecule has 1 amide bonds. The Morgan fingerprint density at radius 2 is 2.09 bits per heavy atom. The number of nitrogens with one attached hydrogen (secondary N) is 1. The van der Waals surface area contributed by atoms with E-state index in [0.29, 0.717) is 27.8 Å². The van der Waals surface area contributed by atoms with Gasteiger partial charge in [0, 0.05) is 15.7 Å². The Morgan fingerprint density at radius 1 is 1.30 bits per heavy atom. The fraction of sp³-hybridized carbons (Fsp3) is 0.125. The Labute approximate surface area is 140 Å². The molecule has 2 aromatic rings. The molecule has 0 saturated carbocycles. The first-order chi connectivity index (χ1) is 11.0. The fourth-order valence-electron chi connectivity index (χ4n) is 1.82. The minimum atomic E-state index is -0.465. The zero-order valence-corrected chi connectivity index (χ0v) is 13.7. The number of benzene rings is 2. The third-order valence-corrected chi connectivity index (χ3v) is 3.56. The molecule has 0 aliphatic carbocycles. The molecule has 0 aromatic heterocycles. The van der Waals surface area contributed by atoms with Gasteiger partial charge in [-0.25, -0.2) is 4.39 Å². The molecule has 1 N–H and O–H groups in total. The van der Waals surface area contributed by atoms with E-state index in [4.69, 9.17) is 9.47 Å². The Kier molecular flexibility index (Phi) is 5.70. The van der Waals surface area contributed by atoms with Crippen LogP contribution in [0.2, 0.25) is 0 Å². The first kappa shape index (κ1) is 17.0. The van der Waals surface area contributed by atoms with E-state index in [1.807, 2.05) is 0 Å². The monoisotopic (exact) mass is 381 g/mol. The number of rotatable bonds is 6. The van der Waals surface area contributed by atoms with Crippen LogP contribution in [0, 0.1) is 5.82 Å². The second-order valence-corrected chi connectivity index (χ2v) is 5.34. The standard InChI is InChI=1S/C16H13BrFNO4/c1-22-14-7-13(17)10(8-20)5-15(14)23-9-16(21)19-12-4-2-3-11(18)6-12/h2-8H,9H2,1H3,(H,19,21). The van der Waals surface area contributed by atoms with E-state index in [-0.39, 0.29) is 12.4 Å². The minimum Gasteiger partial charge on any atom is -0.493 e. The van der Waals surface area contributed by atoms with Gasteiger partial charge >= 0.3 is 0 Å². The molecule has 2 aromatic carbocycles. The van der Waals surface area contributed by atoms with Crippen LogP contribution in [0.5, 0.6) is 11.5 Å². The average Bonchev–Trinajstić information content (AvgIpc) is 2.53. The molecule has 0 aliphatic rings. The zero-order valence-electron chi connectivity index (χ0n) is 12.1. The van der Waals surface area contributed by atoms with Crippen molar-refractivity contribution in [1.29, 1.82) is 0 Å². The van der Waals surface area contributed by atoms with Gasteiger partial charge < -0.3 is 14.8 Å². The van der Waals surface area contributed by atoms with Gasteiger partial charge in [0.25, 0.3) is 5.91 Å². The first-order valence-corrected chi connectivity index (χ1v) is 7.33. The lowest BCUT2D eigenvalue weighted by molar-refractivity contribution is -0.118. The maximum atomic E-state index is 13.1. The molecule has 0 fully saturated rings. The molecule has 23 heavy (non-hydrogen) atoms. The second-order valence-electron chi connectivity index (χ2n) is 4.49. The van der Waals surface area contributed by atoms with Crippen LogP contribution < -0.4 is 14.8 Å². The van der Waals surface area contributed by atoms with Crippen LogP contribution in [0.15, 0.2) is 40.9 Å². The van der Waals surface area contributed by atoms with Crippen molar-refractivity contribution in [3.05, 3.63) is 52.3 Å². The number of carbonyl (C=O) groups is 2. The molecule has 0 bridgehead atoms. The minimum absolute atomic E-state index is 0.257. The maximum Gasteiger partial charge on any atom is 0.262 e. The van der Waals surface area contributed by atoms with Crippen molar-refractivity contribution < 1.29 is 23.5 Å². The molecule has 2 rings (SSSR count). The number of carbonyl (C=O) groups excluding carboxylic acids is 2. The van der Waals surface area contributed by atoms with Gasteiger partial charge in [-0.15, -0.1) is 0 Å². The summed E-state index contributed by atoms with van der Waals surface area (Å²) in [4.78, 5) is 22.8. The van der Waals surface area contributed by atoms with Crippen LogP contribution in [-0.4, -0.2) is 25.9 Å². The molecule has 0 saturated heterocycles. The van der Waals surface area contributed by atoms with E-state index in [1.54, 1.807) is 12.1 Å². The summed E-state index contributed by atoms with van der Waals surface area (Å²) in [5.41, 5.74) is 0.696. The number of anilines is 1. The number of amides is 1. The maximum absolute atomic E-state index is 13.1. The fourth-order valence-corrected chi connectivity index (χ4v) is 2.24. The predicted molar refractivity (Wildman–Crippen MR) is 86.6 cm³/mol. The van der Waals surface area contributed by atoms with Gasteiger partial charge in [-0.2, -0.15) is 0 Å². The number of halogens is 2. The number of methoxy groups -OCH3 is 1. The van der Waals surface area contributed by atoms with Gasteiger partial charge in [-0.3, -0.25) is 9.59 Å². The summed E-state index contributed by atoms with van der Waals surface area (Å²) in [6.07, 6.45) is 0.656. The van der Waals surface area contributed by atoms with Crippen LogP contribution in [0.4, 0.5) is 10.1 Å². The molecule has 5 nitrogen and oxygen atoms in total. The number of aldehydes is 1. The van der Waals surface area contributed by atoms with E-state index in [2.05, 4.69) is 21.2 Å². The van der Waals surface area contributed by atoms with Gasteiger partial charge in [-0.05, 0) is 46.3 Å². The summed E-state index contributed by atoms with van der Waals surface area (Å²) < 4.78 is 24.1. The van der Waals surface area contributed by atoms with Crippen LogP contribution >= 0.6 is 15.9 Å². The zero-order chi connectivity index (χ0) is 16.8. The Hall–Kier alpha value is -2.41. The molecule has 120 valence electrons. The summed E-state index contributed by atoms with van der Waals surface area (Å²) in [7, 11) is 1.45. The summed E-state index contributed by atoms with van der Waals surface area (Å²) in [5, 5.41) is 2.51. The van der Waals surface area contributed by atoms with E-state index in [9.17, 15) is 14.0 Å². The molecule has 0 atom stereocenters. The lowest BCUT2D eigenvalue weighted by Gasteiger charge is -2.12. The van der Waals surface area contributed by atoms with Crippen molar-refractivity contribution in [3.63, 3.8) is 0 Å². The van der Waals surface area contributed by atoms with Gasteiger partial charge in [-0.1, -0.05) is 6.07 Å². The van der Waals surface area contributed by atoms with Crippen molar-refractivity contribution in [2.75, 3.05) is 19.0 Å². The van der Waals surface area contributed by atoms with E-state index in [0.717, 1.165) is 0 Å². The van der Waals surface area contributed by atoms with Gasteiger partial charge in [0.1, 0.15) is 5.82 Å². The van der Waals surface area contributed by atoms with Gasteiger partial charge in [0.05, 0.1) is 7.11 Å². The Bertz CT molecular complexity index is 736. The van der Waals surface area contributed by atoms with E-state index >= 15 is 0 Å². The molecular formula is C16H13BrFNO4. The lowest BCUT2D eigenvalue weighted by Crippen LogP contribution is -2.20. The summed E-state index contributed by atoms with van der Waals surface area (Å²) in [5.74, 6) is -0.282. The lowest BCUT2D eigenvalue weighted by atomic mass is 10.2. The van der Waals surface area contributed by atoms with Crippen molar-refractivity contribution in [1.82, 2.24) is 0 Å². The first-order valence-electron chi connectivity index (χ1n) is 6.54. The number of ether oxygens (including phenoxy) is 2. The molecule has 0 heterocycles. The molecular weight excluding hydrogens is 369 g/mol. The van der Waals surface area contributed by atoms with Crippen LogP contribution in [0.1, 0.15) is 10.4 Å². The Balaban J connectivity index is 2.05. The number of hydrogen-bond acceptors (Lipinski definition) is 4. The van der Waals surface area contributed by atoms with Crippen molar-refractivity contribution in [3.8, 4) is 11.5 Å². The highest BCUT2D eigenvalue weighted by molar-refractivity contribution is 9.10. The summed E-state index contributed by atoms with van der Waals surface area (Å²) in [6.45, 7) is -0.313. The average molecular weight is 382 g/mol. The van der Waals surface area contributed by atoms with Crippen LogP contribution in [-0.2, 0) is 4.79 Å². The van der Waals surface area contributed by atoms with E-state index in [1.165, 1.54) is 31.4 Å². The Morgan fingerprint density at radius 3 is 2.74 bits per heavy atom. The van der Waals surface area contributed by atoms with E-state index < -0.39 is 11.7 Å². The SMILES string of the molecule is COc1cc(Br)c(C=O)cc1OCC(=O)Nc1cccc(F)c1. The second kappa shape index (κ2) is 7.73. The van der Waals surface area contributed by atoms with Crippen molar-refractivity contribution >= 4 is 33.8 Å². The normalized spacial score (nSPS) is 10.0. The quantitative estimate of drug-likeness (QED) is 0.778. The third kappa shape index (κ3) is 4.53. The number of hydrogen-bond donors (Lipinski definition) is 1.